The molecule has 0 radical (unpaired) electrons. The van der Waals surface area contributed by atoms with E-state index >= 15 is 0 Å². The first-order chi connectivity index (χ1) is 13.7. The minimum Gasteiger partial charge on any atom is -0.228 e. The molecule has 0 fully saturated rings. The smallest absolute Gasteiger partial charge is 0.160 e. The Bertz CT molecular complexity index is 1170. The fourth-order valence-electron chi connectivity index (χ4n) is 3.75. The highest BCUT2D eigenvalue weighted by atomic mass is 79.9. The molecular weight excluding hydrogens is 476 g/mol. The van der Waals surface area contributed by atoms with E-state index in [9.17, 15) is 0 Å². The van der Waals surface area contributed by atoms with E-state index in [0.717, 1.165) is 50.1 Å². The van der Waals surface area contributed by atoms with E-state index < -0.39 is 0 Å². The van der Waals surface area contributed by atoms with Crippen molar-refractivity contribution in [2.45, 2.75) is 12.8 Å². The zero-order chi connectivity index (χ0) is 19.1. The number of aryl methyl sites for hydroxylation is 1. The predicted molar refractivity (Wildman–Crippen MR) is 121 cm³/mol. The van der Waals surface area contributed by atoms with Crippen molar-refractivity contribution in [1.29, 1.82) is 0 Å². The van der Waals surface area contributed by atoms with Gasteiger partial charge in [0.2, 0.25) is 0 Å². The summed E-state index contributed by atoms with van der Waals surface area (Å²) in [6.45, 7) is 0. The van der Waals surface area contributed by atoms with Gasteiger partial charge < -0.3 is 0 Å². The van der Waals surface area contributed by atoms with Crippen LogP contribution in [0.1, 0.15) is 11.1 Å². The molecule has 1 aromatic heterocycles. The third-order valence-electron chi connectivity index (χ3n) is 5.14. The zero-order valence-electron chi connectivity index (χ0n) is 15.0. The first-order valence-electron chi connectivity index (χ1n) is 9.20. The molecule has 1 heterocycles. The van der Waals surface area contributed by atoms with Gasteiger partial charge >= 0.3 is 0 Å². The predicted octanol–water partition coefficient (Wildman–Crippen LogP) is 7.10. The minimum atomic E-state index is 0.765. The second-order valence-electron chi connectivity index (χ2n) is 6.89. The fourth-order valence-corrected chi connectivity index (χ4v) is 4.28. The quantitative estimate of drug-likeness (QED) is 0.298. The van der Waals surface area contributed by atoms with Gasteiger partial charge in [-0.1, -0.05) is 80.4 Å². The second-order valence-corrected chi connectivity index (χ2v) is 8.73. The van der Waals surface area contributed by atoms with Crippen molar-refractivity contribution in [2.24, 2.45) is 0 Å². The Morgan fingerprint density at radius 2 is 1.21 bits per heavy atom. The molecule has 5 rings (SSSR count). The summed E-state index contributed by atoms with van der Waals surface area (Å²) in [5, 5.41) is 0. The van der Waals surface area contributed by atoms with E-state index in [2.05, 4.69) is 92.5 Å². The Hall–Kier alpha value is -2.30. The van der Waals surface area contributed by atoms with Crippen LogP contribution in [-0.4, -0.2) is 9.97 Å². The number of rotatable bonds is 2. The number of benzene rings is 3. The molecule has 0 bridgehead atoms. The Morgan fingerprint density at radius 1 is 0.607 bits per heavy atom. The van der Waals surface area contributed by atoms with Crippen LogP contribution in [0.15, 0.2) is 81.7 Å². The van der Waals surface area contributed by atoms with Crippen molar-refractivity contribution in [3.63, 3.8) is 0 Å². The fraction of sp³-hybridized carbons (Fsp3) is 0.0833. The highest BCUT2D eigenvalue weighted by Gasteiger charge is 2.23. The molecule has 0 saturated carbocycles. The molecule has 1 aliphatic rings. The first-order valence-corrected chi connectivity index (χ1v) is 10.8. The van der Waals surface area contributed by atoms with E-state index in [0.29, 0.717) is 0 Å². The molecular formula is C24H16Br2N2. The van der Waals surface area contributed by atoms with Crippen molar-refractivity contribution in [1.82, 2.24) is 9.97 Å². The molecule has 4 aromatic rings. The van der Waals surface area contributed by atoms with E-state index in [1.807, 2.05) is 12.1 Å². The molecule has 3 aromatic carbocycles. The molecule has 136 valence electrons. The largest absolute Gasteiger partial charge is 0.228 e. The SMILES string of the molecule is Brc1ccc(-c2nc(-c3ccc(Br)cc3)c3c(n2)-c2ccccc2CC3)cc1. The number of aromatic nitrogens is 2. The number of hydrogen-bond acceptors (Lipinski definition) is 2. The molecule has 0 aliphatic heterocycles. The summed E-state index contributed by atoms with van der Waals surface area (Å²) in [7, 11) is 0. The van der Waals surface area contributed by atoms with E-state index in [-0.39, 0.29) is 0 Å². The van der Waals surface area contributed by atoms with Crippen molar-refractivity contribution in [3.05, 3.63) is 92.9 Å². The van der Waals surface area contributed by atoms with Crippen LogP contribution >= 0.6 is 31.9 Å². The monoisotopic (exact) mass is 490 g/mol. The van der Waals surface area contributed by atoms with E-state index in [1.54, 1.807) is 0 Å². The highest BCUT2D eigenvalue weighted by Crippen LogP contribution is 2.38. The van der Waals surface area contributed by atoms with E-state index in [1.165, 1.54) is 16.7 Å². The summed E-state index contributed by atoms with van der Waals surface area (Å²) in [6, 6.07) is 25.2. The van der Waals surface area contributed by atoms with Crippen molar-refractivity contribution in [3.8, 4) is 33.9 Å². The molecule has 0 saturated heterocycles. The molecule has 0 unspecified atom stereocenters. The molecule has 28 heavy (non-hydrogen) atoms. The topological polar surface area (TPSA) is 25.8 Å². The van der Waals surface area contributed by atoms with Gasteiger partial charge in [-0.3, -0.25) is 0 Å². The number of halogens is 2. The first kappa shape index (κ1) is 17.8. The van der Waals surface area contributed by atoms with Crippen LogP contribution in [0.5, 0.6) is 0 Å². The highest BCUT2D eigenvalue weighted by molar-refractivity contribution is 9.10. The molecule has 0 amide bonds. The molecule has 0 spiro atoms. The molecule has 0 N–H and O–H groups in total. The third kappa shape index (κ3) is 3.21. The van der Waals surface area contributed by atoms with Crippen LogP contribution in [0, 0.1) is 0 Å². The molecule has 1 aliphatic carbocycles. The lowest BCUT2D eigenvalue weighted by molar-refractivity contribution is 0.916. The summed E-state index contributed by atoms with van der Waals surface area (Å²) in [4.78, 5) is 10.0. The van der Waals surface area contributed by atoms with Crippen LogP contribution in [0.25, 0.3) is 33.9 Å². The molecule has 2 nitrogen and oxygen atoms in total. The summed E-state index contributed by atoms with van der Waals surface area (Å²) >= 11 is 7.05. The average molecular weight is 492 g/mol. The van der Waals surface area contributed by atoms with Crippen LogP contribution in [0.3, 0.4) is 0 Å². The number of fused-ring (bicyclic) bond motifs is 3. The molecule has 0 atom stereocenters. The van der Waals surface area contributed by atoms with Gasteiger partial charge in [0.15, 0.2) is 5.82 Å². The Kier molecular flexibility index (Phi) is 4.61. The lowest BCUT2D eigenvalue weighted by Gasteiger charge is -2.22. The van der Waals surface area contributed by atoms with Crippen molar-refractivity contribution >= 4 is 31.9 Å². The Labute approximate surface area is 181 Å². The van der Waals surface area contributed by atoms with Crippen molar-refractivity contribution < 1.29 is 0 Å². The minimum absolute atomic E-state index is 0.765. The van der Waals surface area contributed by atoms with Gasteiger partial charge in [0.25, 0.3) is 0 Å². The lowest BCUT2D eigenvalue weighted by Crippen LogP contribution is -2.10. The summed E-state index contributed by atoms with van der Waals surface area (Å²) in [5.74, 6) is 0.765. The maximum Gasteiger partial charge on any atom is 0.160 e. The number of hydrogen-bond donors (Lipinski definition) is 0. The van der Waals surface area contributed by atoms with Gasteiger partial charge in [-0.05, 0) is 42.7 Å². The number of nitrogens with zero attached hydrogens (tertiary/aromatic N) is 2. The lowest BCUT2D eigenvalue weighted by atomic mass is 9.87. The molecule has 4 heteroatoms. The zero-order valence-corrected chi connectivity index (χ0v) is 18.2. The standard InChI is InChI=1S/C24H16Br2N2/c25-18-10-5-16(6-11-18)22-21-14-9-15-3-1-2-4-20(15)23(21)28-24(27-22)17-7-12-19(26)13-8-17/h1-8,10-13H,9,14H2. The van der Waals surface area contributed by atoms with Crippen LogP contribution < -0.4 is 0 Å². The maximum atomic E-state index is 5.02. The van der Waals surface area contributed by atoms with Gasteiger partial charge in [-0.25, -0.2) is 9.97 Å². The summed E-state index contributed by atoms with van der Waals surface area (Å²) < 4.78 is 2.12. The van der Waals surface area contributed by atoms with Crippen LogP contribution in [0.2, 0.25) is 0 Å². The average Bonchev–Trinajstić information content (AvgIpc) is 2.74. The maximum absolute atomic E-state index is 5.02. The van der Waals surface area contributed by atoms with Gasteiger partial charge in [0.05, 0.1) is 11.4 Å². The second kappa shape index (κ2) is 7.26. The van der Waals surface area contributed by atoms with Crippen molar-refractivity contribution in [2.75, 3.05) is 0 Å². The van der Waals surface area contributed by atoms with E-state index in [4.69, 9.17) is 9.97 Å². The summed E-state index contributed by atoms with van der Waals surface area (Å²) in [5.41, 5.74) is 8.06. The Balaban J connectivity index is 1.78. The van der Waals surface area contributed by atoms with Crippen LogP contribution in [0.4, 0.5) is 0 Å². The Morgan fingerprint density at radius 3 is 1.93 bits per heavy atom. The third-order valence-corrected chi connectivity index (χ3v) is 6.20. The van der Waals surface area contributed by atoms with Gasteiger partial charge in [0.1, 0.15) is 0 Å². The normalized spacial score (nSPS) is 12.4. The summed E-state index contributed by atoms with van der Waals surface area (Å²) in [6.07, 6.45) is 1.98. The van der Waals surface area contributed by atoms with Gasteiger partial charge in [-0.15, -0.1) is 0 Å². The van der Waals surface area contributed by atoms with Crippen LogP contribution in [-0.2, 0) is 12.8 Å². The van der Waals surface area contributed by atoms with Gasteiger partial charge in [-0.2, -0.15) is 0 Å². The van der Waals surface area contributed by atoms with Gasteiger partial charge in [0, 0.05) is 31.2 Å².